The van der Waals surface area contributed by atoms with Crippen LogP contribution < -0.4 is 0 Å². The van der Waals surface area contributed by atoms with Crippen molar-refractivity contribution in [2.75, 3.05) is 0 Å². The Morgan fingerprint density at radius 3 is 1.31 bits per heavy atom. The molecule has 80 valence electrons. The number of hydrogen-bond acceptors (Lipinski definition) is 4. The van der Waals surface area contributed by atoms with Crippen LogP contribution in [-0.2, 0) is 18.2 Å². The third kappa shape index (κ3) is 9.48. The van der Waals surface area contributed by atoms with E-state index in [4.69, 9.17) is 19.6 Å². The summed E-state index contributed by atoms with van der Waals surface area (Å²) in [7, 11) is -9.87. The molecule has 0 saturated heterocycles. The van der Waals surface area contributed by atoms with Crippen molar-refractivity contribution in [1.29, 1.82) is 0 Å². The minimum Gasteiger partial charge on any atom is -0.303 e. The third-order valence-corrected chi connectivity index (χ3v) is 3.09. The van der Waals surface area contributed by atoms with Gasteiger partial charge < -0.3 is 19.6 Å². The van der Waals surface area contributed by atoms with Crippen molar-refractivity contribution in [3.8, 4) is 0 Å². The van der Waals surface area contributed by atoms with Crippen LogP contribution in [0.25, 0.3) is 0 Å². The molecule has 0 aliphatic carbocycles. The van der Waals surface area contributed by atoms with Crippen molar-refractivity contribution >= 4 is 47.5 Å². The molecule has 12 heteroatoms. The van der Waals surface area contributed by atoms with Gasteiger partial charge >= 0.3 is 19.3 Å². The van der Waals surface area contributed by atoms with Gasteiger partial charge in [-0.15, -0.1) is 0 Å². The zero-order valence-corrected chi connectivity index (χ0v) is 10.5. The topological polar surface area (TPSA) is 134 Å². The summed E-state index contributed by atoms with van der Waals surface area (Å²) in [5, 5.41) is 0. The van der Waals surface area contributed by atoms with Gasteiger partial charge in [0.2, 0.25) is 0 Å². The van der Waals surface area contributed by atoms with E-state index in [1.165, 1.54) is 0 Å². The Hall–Kier alpha value is 1.18. The highest BCUT2D eigenvalue weighted by atomic mass is 79.9. The van der Waals surface area contributed by atoms with Crippen LogP contribution in [0.1, 0.15) is 0 Å². The molecule has 0 fully saturated rings. The van der Waals surface area contributed by atoms with Gasteiger partial charge in [0.25, 0.3) is 0 Å². The Balaban J connectivity index is 4.43. The average molecular weight is 366 g/mol. The predicted molar refractivity (Wildman–Crippen MR) is 46.8 cm³/mol. The Labute approximate surface area is 89.0 Å². The molecule has 0 spiro atoms. The summed E-state index contributed by atoms with van der Waals surface area (Å²) in [5.41, 5.74) is 0. The minimum atomic E-state index is -4.94. The second kappa shape index (κ2) is 4.36. The molecule has 0 aromatic heterocycles. The van der Waals surface area contributed by atoms with Crippen LogP contribution in [0.15, 0.2) is 0 Å². The van der Waals surface area contributed by atoms with Crippen molar-refractivity contribution < 1.29 is 37.8 Å². The summed E-state index contributed by atoms with van der Waals surface area (Å²) in [6.07, 6.45) is 0. The SMILES string of the molecule is O=P(O)(O)OC(Br)(Br)OP(=O)(O)O. The number of hydrogen-bond donors (Lipinski definition) is 4. The second-order valence-corrected chi connectivity index (χ2v) is 7.11. The number of phosphoric ester groups is 2. The molecule has 0 atom stereocenters. The lowest BCUT2D eigenvalue weighted by Gasteiger charge is -2.20. The van der Waals surface area contributed by atoms with Gasteiger partial charge in [-0.3, -0.25) is 0 Å². The van der Waals surface area contributed by atoms with Crippen LogP contribution in [0.4, 0.5) is 0 Å². The molecule has 0 bridgehead atoms. The van der Waals surface area contributed by atoms with Gasteiger partial charge in [0, 0.05) is 0 Å². The number of phosphoric acid groups is 2. The molecule has 0 heterocycles. The van der Waals surface area contributed by atoms with Crippen molar-refractivity contribution in [2.24, 2.45) is 0 Å². The highest BCUT2D eigenvalue weighted by Gasteiger charge is 2.39. The molecule has 0 aliphatic heterocycles. The molecule has 0 amide bonds. The van der Waals surface area contributed by atoms with Crippen LogP contribution in [0.5, 0.6) is 0 Å². The van der Waals surface area contributed by atoms with Gasteiger partial charge in [0.1, 0.15) is 0 Å². The van der Waals surface area contributed by atoms with E-state index in [0.717, 1.165) is 0 Å². The first-order valence-corrected chi connectivity index (χ1v) is 6.96. The van der Waals surface area contributed by atoms with E-state index in [0.29, 0.717) is 0 Å². The monoisotopic (exact) mass is 364 g/mol. The molecule has 4 N–H and O–H groups in total. The zero-order valence-electron chi connectivity index (χ0n) is 5.57. The summed E-state index contributed by atoms with van der Waals surface area (Å²) in [4.78, 5) is 33.0. The summed E-state index contributed by atoms with van der Waals surface area (Å²) < 4.78 is 25.6. The number of alkyl halides is 2. The summed E-state index contributed by atoms with van der Waals surface area (Å²) >= 11 is 4.68. The molecular weight excluding hydrogens is 362 g/mol. The predicted octanol–water partition coefficient (Wildman–Crippen LogP) is 0.606. The molecule has 0 aromatic rings. The van der Waals surface area contributed by atoms with Crippen molar-refractivity contribution in [2.45, 2.75) is 3.61 Å². The van der Waals surface area contributed by atoms with Crippen LogP contribution in [0.3, 0.4) is 0 Å². The molecule has 0 saturated carbocycles. The fraction of sp³-hybridized carbons (Fsp3) is 1.00. The largest absolute Gasteiger partial charge is 0.473 e. The summed E-state index contributed by atoms with van der Waals surface area (Å²) in [6, 6.07) is 0. The Morgan fingerprint density at radius 1 is 0.923 bits per heavy atom. The van der Waals surface area contributed by atoms with E-state index in [9.17, 15) is 9.13 Å². The van der Waals surface area contributed by atoms with E-state index in [2.05, 4.69) is 40.9 Å². The van der Waals surface area contributed by atoms with E-state index in [-0.39, 0.29) is 0 Å². The minimum absolute atomic E-state index is 2.34. The lowest BCUT2D eigenvalue weighted by atomic mass is 11.5. The van der Waals surface area contributed by atoms with E-state index in [1.54, 1.807) is 0 Å². The van der Waals surface area contributed by atoms with Gasteiger partial charge in [-0.25, -0.2) is 18.2 Å². The van der Waals surface area contributed by atoms with Gasteiger partial charge in [-0.1, -0.05) is 0 Å². The summed E-state index contributed by atoms with van der Waals surface area (Å²) in [5.74, 6) is 0. The lowest BCUT2D eigenvalue weighted by Crippen LogP contribution is -2.17. The maximum absolute atomic E-state index is 10.2. The third-order valence-electron chi connectivity index (χ3n) is 0.450. The molecule has 0 radical (unpaired) electrons. The van der Waals surface area contributed by atoms with Gasteiger partial charge in [0.05, 0.1) is 0 Å². The fourth-order valence-corrected chi connectivity index (χ4v) is 3.24. The van der Waals surface area contributed by atoms with Crippen LogP contribution >= 0.6 is 47.5 Å². The van der Waals surface area contributed by atoms with Crippen molar-refractivity contribution in [1.82, 2.24) is 0 Å². The molecule has 0 rings (SSSR count). The molecular formula is CH4Br2O8P2. The Morgan fingerprint density at radius 2 is 1.15 bits per heavy atom. The van der Waals surface area contributed by atoms with Gasteiger partial charge in [-0.05, 0) is 31.9 Å². The molecule has 0 aromatic carbocycles. The molecule has 0 unspecified atom stereocenters. The molecule has 13 heavy (non-hydrogen) atoms. The van der Waals surface area contributed by atoms with Gasteiger partial charge in [-0.2, -0.15) is 0 Å². The van der Waals surface area contributed by atoms with Crippen molar-refractivity contribution in [3.05, 3.63) is 0 Å². The summed E-state index contributed by atoms with van der Waals surface area (Å²) in [6.45, 7) is 0. The normalized spacial score (nSPS) is 14.6. The first kappa shape index (κ1) is 14.2. The molecule has 0 aliphatic rings. The van der Waals surface area contributed by atoms with Crippen molar-refractivity contribution in [3.63, 3.8) is 0 Å². The average Bonchev–Trinajstić information content (AvgIpc) is 1.43. The number of halogens is 2. The first-order valence-electron chi connectivity index (χ1n) is 2.32. The van der Waals surface area contributed by atoms with E-state index < -0.39 is 19.3 Å². The van der Waals surface area contributed by atoms with Crippen LogP contribution in [-0.4, -0.2) is 23.2 Å². The maximum Gasteiger partial charge on any atom is 0.473 e. The zero-order chi connectivity index (χ0) is 10.9. The smallest absolute Gasteiger partial charge is 0.303 e. The quantitative estimate of drug-likeness (QED) is 0.323. The molecule has 8 nitrogen and oxygen atoms in total. The lowest BCUT2D eigenvalue weighted by molar-refractivity contribution is 0.0156. The van der Waals surface area contributed by atoms with Crippen LogP contribution in [0.2, 0.25) is 0 Å². The standard InChI is InChI=1S/CH4Br2O8P2/c2-1(3,10-12(4,5)6)11-13(7,8)9/h(H2,4,5,6)(H2,7,8,9). The van der Waals surface area contributed by atoms with E-state index >= 15 is 0 Å². The highest BCUT2D eigenvalue weighted by molar-refractivity contribution is 9.25. The fourth-order valence-electron chi connectivity index (χ4n) is 0.294. The first-order chi connectivity index (χ1) is 5.41. The highest BCUT2D eigenvalue weighted by Crippen LogP contribution is 2.54. The maximum atomic E-state index is 10.2. The second-order valence-electron chi connectivity index (χ2n) is 1.63. The van der Waals surface area contributed by atoms with Crippen LogP contribution in [0, 0.1) is 0 Å². The Kier molecular flexibility index (Phi) is 4.75. The van der Waals surface area contributed by atoms with E-state index in [1.807, 2.05) is 0 Å². The van der Waals surface area contributed by atoms with Gasteiger partial charge in [0.15, 0.2) is 0 Å². The Bertz CT molecular complexity index is 235. The number of rotatable bonds is 4.